The lowest BCUT2D eigenvalue weighted by atomic mass is 9.78. The molecule has 49 heavy (non-hydrogen) atoms. The van der Waals surface area contributed by atoms with Crippen molar-refractivity contribution in [2.45, 2.75) is 71.1 Å². The molecule has 4 aromatic carbocycles. The van der Waals surface area contributed by atoms with Crippen molar-refractivity contribution >= 4 is 51.1 Å². The number of allylic oxidation sites excluding steroid dienone is 6. The third-order valence-electron chi connectivity index (χ3n) is 10.3. The molecule has 0 bridgehead atoms. The Bertz CT molecular complexity index is 2090. The van der Waals surface area contributed by atoms with Crippen LogP contribution in [-0.2, 0) is 30.6 Å². The Hall–Kier alpha value is -4.97. The van der Waals surface area contributed by atoms with E-state index in [0.29, 0.717) is 26.2 Å². The van der Waals surface area contributed by atoms with Crippen LogP contribution in [0.15, 0.2) is 103 Å². The van der Waals surface area contributed by atoms with Gasteiger partial charge in [-0.05, 0) is 64.8 Å². The summed E-state index contributed by atoms with van der Waals surface area (Å²) in [5.74, 6) is -0.816. The molecular formula is C43H47N2O4+. The van der Waals surface area contributed by atoms with E-state index in [-0.39, 0.29) is 22.7 Å². The van der Waals surface area contributed by atoms with E-state index in [1.54, 1.807) is 0 Å². The Morgan fingerprint density at radius 3 is 2.18 bits per heavy atom. The second-order valence-electron chi connectivity index (χ2n) is 15.1. The van der Waals surface area contributed by atoms with E-state index in [4.69, 9.17) is 4.74 Å². The zero-order valence-electron chi connectivity index (χ0n) is 29.7. The van der Waals surface area contributed by atoms with E-state index >= 15 is 0 Å². The molecule has 0 atom stereocenters. The van der Waals surface area contributed by atoms with Crippen LogP contribution in [0.4, 0.5) is 11.4 Å². The largest absolute Gasteiger partial charge is 0.481 e. The third kappa shape index (κ3) is 5.98. The SMILES string of the molecule is CC(C)(C)c1ccc2c(c1)C(C)(C)/C(=C/C=C/C=C/C1=[N+](CCC(=O)O)c3c(c4ccccc4c4ccccc34)C1(C)C)N2CCOC=O. The lowest BCUT2D eigenvalue weighted by Gasteiger charge is -2.26. The number of rotatable bonds is 10. The summed E-state index contributed by atoms with van der Waals surface area (Å²) in [4.78, 5) is 25.1. The standard InChI is InChI=1S/C43H46N2O4/c1-41(2,3)29-21-22-35-34(27-29)42(4,5)36(44(35)25-26-49-28-46)19-9-8-10-20-37-43(6,7)39-32-17-13-11-15-30(32)31-16-12-14-18-33(31)40(39)45(37)24-23-38(47)48/h8-22,27-28H,23-26H2,1-7H3/p+1. The fourth-order valence-corrected chi connectivity index (χ4v) is 7.79. The van der Waals surface area contributed by atoms with Gasteiger partial charge in [-0.3, -0.25) is 9.59 Å². The van der Waals surface area contributed by atoms with Gasteiger partial charge >= 0.3 is 5.97 Å². The summed E-state index contributed by atoms with van der Waals surface area (Å²) in [6.07, 6.45) is 10.5. The summed E-state index contributed by atoms with van der Waals surface area (Å²) >= 11 is 0. The van der Waals surface area contributed by atoms with Crippen molar-refractivity contribution in [2.75, 3.05) is 24.6 Å². The fourth-order valence-electron chi connectivity index (χ4n) is 7.79. The Balaban J connectivity index is 1.40. The quantitative estimate of drug-likeness (QED) is 0.0607. The van der Waals surface area contributed by atoms with Crippen molar-refractivity contribution in [1.29, 1.82) is 0 Å². The molecule has 252 valence electrons. The molecule has 0 aliphatic carbocycles. The van der Waals surface area contributed by atoms with Crippen molar-refractivity contribution in [3.63, 3.8) is 0 Å². The van der Waals surface area contributed by atoms with Gasteiger partial charge in [0.25, 0.3) is 6.47 Å². The molecule has 2 aliphatic heterocycles. The summed E-state index contributed by atoms with van der Waals surface area (Å²) in [6, 6.07) is 23.7. The molecule has 6 nitrogen and oxygen atoms in total. The molecule has 0 unspecified atom stereocenters. The first-order valence-electron chi connectivity index (χ1n) is 17.1. The Morgan fingerprint density at radius 2 is 1.53 bits per heavy atom. The molecule has 6 heteroatoms. The number of ether oxygens (including phenoxy) is 1. The highest BCUT2D eigenvalue weighted by atomic mass is 16.5. The number of nitrogens with zero attached hydrogens (tertiary/aromatic N) is 2. The molecular weight excluding hydrogens is 608 g/mol. The van der Waals surface area contributed by atoms with Crippen LogP contribution < -0.4 is 4.90 Å². The first-order valence-corrected chi connectivity index (χ1v) is 17.1. The topological polar surface area (TPSA) is 69.8 Å². The number of anilines is 1. The van der Waals surface area contributed by atoms with Crippen molar-refractivity contribution < 1.29 is 24.0 Å². The zero-order valence-corrected chi connectivity index (χ0v) is 29.7. The van der Waals surface area contributed by atoms with Crippen molar-refractivity contribution in [3.8, 4) is 0 Å². The van der Waals surface area contributed by atoms with Gasteiger partial charge < -0.3 is 14.7 Å². The monoisotopic (exact) mass is 655 g/mol. The van der Waals surface area contributed by atoms with Gasteiger partial charge in [0.1, 0.15) is 13.0 Å². The van der Waals surface area contributed by atoms with E-state index in [0.717, 1.165) is 28.2 Å². The number of hydrogen-bond acceptors (Lipinski definition) is 4. The Labute approximate surface area is 289 Å². The maximum atomic E-state index is 11.8. The summed E-state index contributed by atoms with van der Waals surface area (Å²) in [7, 11) is 0. The molecule has 4 aromatic rings. The van der Waals surface area contributed by atoms with Gasteiger partial charge in [-0.1, -0.05) is 107 Å². The van der Waals surface area contributed by atoms with Crippen LogP contribution in [0.2, 0.25) is 0 Å². The predicted octanol–water partition coefficient (Wildman–Crippen LogP) is 9.11. The van der Waals surface area contributed by atoms with Gasteiger partial charge in [-0.2, -0.15) is 4.58 Å². The van der Waals surface area contributed by atoms with E-state index < -0.39 is 5.97 Å². The van der Waals surface area contributed by atoms with Gasteiger partial charge in [-0.25, -0.2) is 0 Å². The highest BCUT2D eigenvalue weighted by Gasteiger charge is 2.47. The van der Waals surface area contributed by atoms with Crippen molar-refractivity contribution in [3.05, 3.63) is 119 Å². The molecule has 2 aliphatic rings. The molecule has 0 amide bonds. The summed E-state index contributed by atoms with van der Waals surface area (Å²) in [5.41, 5.74) is 7.61. The van der Waals surface area contributed by atoms with Crippen LogP contribution in [-0.4, -0.2) is 47.5 Å². The molecule has 0 aromatic heterocycles. The maximum Gasteiger partial charge on any atom is 0.309 e. The van der Waals surface area contributed by atoms with E-state index in [2.05, 4.69) is 149 Å². The zero-order chi connectivity index (χ0) is 35.1. The van der Waals surface area contributed by atoms with Crippen LogP contribution in [0.5, 0.6) is 0 Å². The van der Waals surface area contributed by atoms with Crippen molar-refractivity contribution in [2.24, 2.45) is 0 Å². The van der Waals surface area contributed by atoms with Gasteiger partial charge in [0.15, 0.2) is 12.3 Å². The number of hydrogen-bond donors (Lipinski definition) is 1. The average Bonchev–Trinajstić information content (AvgIpc) is 3.41. The molecule has 6 rings (SSSR count). The second-order valence-corrected chi connectivity index (χ2v) is 15.1. The maximum absolute atomic E-state index is 11.8. The van der Waals surface area contributed by atoms with E-state index in [1.165, 1.54) is 32.8 Å². The molecule has 1 N–H and O–H groups in total. The van der Waals surface area contributed by atoms with E-state index in [1.807, 2.05) is 6.08 Å². The van der Waals surface area contributed by atoms with Gasteiger partial charge in [-0.15, -0.1) is 0 Å². The molecule has 0 fully saturated rings. The predicted molar refractivity (Wildman–Crippen MR) is 200 cm³/mol. The lowest BCUT2D eigenvalue weighted by molar-refractivity contribution is -0.435. The number of carboxylic acids is 1. The van der Waals surface area contributed by atoms with Crippen molar-refractivity contribution in [1.82, 2.24) is 0 Å². The molecule has 0 saturated heterocycles. The minimum absolute atomic E-state index is 0.0238. The normalized spacial score (nSPS) is 17.5. The molecule has 2 heterocycles. The Kier molecular flexibility index (Phi) is 8.87. The highest BCUT2D eigenvalue weighted by molar-refractivity contribution is 6.18. The van der Waals surface area contributed by atoms with Crippen LogP contribution in [0, 0.1) is 0 Å². The third-order valence-corrected chi connectivity index (χ3v) is 10.3. The first-order chi connectivity index (χ1) is 23.3. The van der Waals surface area contributed by atoms with Gasteiger partial charge in [0.2, 0.25) is 5.69 Å². The highest BCUT2D eigenvalue weighted by Crippen LogP contribution is 2.50. The number of carbonyl (C=O) groups excluding carboxylic acids is 1. The number of carbonyl (C=O) groups is 2. The second kappa shape index (κ2) is 12.8. The first kappa shape index (κ1) is 33.9. The van der Waals surface area contributed by atoms with Gasteiger partial charge in [0.05, 0.1) is 17.3 Å². The van der Waals surface area contributed by atoms with Gasteiger partial charge in [0, 0.05) is 28.4 Å². The fraction of sp³-hybridized carbons (Fsp3) is 0.326. The summed E-state index contributed by atoms with van der Waals surface area (Å²) < 4.78 is 7.35. The number of benzene rings is 4. The summed E-state index contributed by atoms with van der Waals surface area (Å²) in [5, 5.41) is 14.4. The Morgan fingerprint density at radius 1 is 0.878 bits per heavy atom. The minimum atomic E-state index is -0.816. The number of fused-ring (bicyclic) bond motifs is 7. The van der Waals surface area contributed by atoms with E-state index in [9.17, 15) is 14.7 Å². The minimum Gasteiger partial charge on any atom is -0.481 e. The number of aliphatic carboxylic acids is 1. The smallest absolute Gasteiger partial charge is 0.309 e. The van der Waals surface area contributed by atoms with Crippen LogP contribution in [0.25, 0.3) is 21.5 Å². The lowest BCUT2D eigenvalue weighted by Crippen LogP contribution is -2.29. The molecule has 0 saturated carbocycles. The number of carboxylic acid groups (broad SMARTS) is 1. The van der Waals surface area contributed by atoms with Crippen LogP contribution in [0.1, 0.15) is 71.6 Å². The van der Waals surface area contributed by atoms with Crippen LogP contribution >= 0.6 is 0 Å². The summed E-state index contributed by atoms with van der Waals surface area (Å²) in [6.45, 7) is 17.4. The van der Waals surface area contributed by atoms with Crippen LogP contribution in [0.3, 0.4) is 0 Å². The average molecular weight is 656 g/mol. The molecule has 0 spiro atoms. The molecule has 0 radical (unpaired) electrons.